The van der Waals surface area contributed by atoms with Gasteiger partial charge in [0.15, 0.2) is 0 Å². The van der Waals surface area contributed by atoms with Gasteiger partial charge in [0.25, 0.3) is 0 Å². The summed E-state index contributed by atoms with van der Waals surface area (Å²) in [6, 6.07) is 4.77. The van der Waals surface area contributed by atoms with Crippen LogP contribution in [0.1, 0.15) is 18.7 Å². The van der Waals surface area contributed by atoms with Crippen molar-refractivity contribution in [2.24, 2.45) is 0 Å². The third-order valence-electron chi connectivity index (χ3n) is 2.21. The Hall–Kier alpha value is -1.78. The van der Waals surface area contributed by atoms with E-state index in [1.165, 1.54) is 14.2 Å². The highest BCUT2D eigenvalue weighted by Gasteiger charge is 2.28. The Morgan fingerprint density at radius 2 is 1.82 bits per heavy atom. The number of halogens is 1. The first-order chi connectivity index (χ1) is 8.15. The first kappa shape index (κ1) is 13.3. The van der Waals surface area contributed by atoms with Gasteiger partial charge >= 0.3 is 5.97 Å². The molecule has 0 aliphatic rings. The molecule has 5 heteroatoms. The molecule has 0 aliphatic heterocycles. The van der Waals surface area contributed by atoms with Crippen LogP contribution < -0.4 is 9.47 Å². The van der Waals surface area contributed by atoms with Gasteiger partial charge in [-0.05, 0) is 19.1 Å². The number of esters is 1. The lowest BCUT2D eigenvalue weighted by molar-refractivity contribution is -0.149. The molecule has 0 aliphatic carbocycles. The van der Waals surface area contributed by atoms with E-state index in [0.29, 0.717) is 0 Å². The van der Waals surface area contributed by atoms with Gasteiger partial charge in [-0.3, -0.25) is 0 Å². The second-order valence-electron chi connectivity index (χ2n) is 3.19. The zero-order valence-corrected chi connectivity index (χ0v) is 10.0. The number of alkyl halides is 1. The minimum absolute atomic E-state index is 0.0518. The van der Waals surface area contributed by atoms with Gasteiger partial charge in [-0.1, -0.05) is 6.07 Å². The second kappa shape index (κ2) is 6.08. The van der Waals surface area contributed by atoms with Gasteiger partial charge in [0.1, 0.15) is 11.5 Å². The molecule has 0 aromatic heterocycles. The van der Waals surface area contributed by atoms with E-state index in [9.17, 15) is 9.18 Å². The molecule has 1 unspecified atom stereocenters. The standard InChI is InChI=1S/C12H15FO4/c1-4-17-12(14)11(13)10-8(15-2)6-5-7-9(10)16-3/h5-7,11H,4H2,1-3H3. The quantitative estimate of drug-likeness (QED) is 0.743. The number of benzene rings is 1. The minimum Gasteiger partial charge on any atom is -0.496 e. The van der Waals surface area contributed by atoms with Crippen molar-refractivity contribution in [3.8, 4) is 11.5 Å². The lowest BCUT2D eigenvalue weighted by atomic mass is 10.1. The van der Waals surface area contributed by atoms with E-state index < -0.39 is 12.1 Å². The van der Waals surface area contributed by atoms with Crippen LogP contribution >= 0.6 is 0 Å². The molecule has 4 nitrogen and oxygen atoms in total. The largest absolute Gasteiger partial charge is 0.496 e. The number of hydrogen-bond donors (Lipinski definition) is 0. The van der Waals surface area contributed by atoms with Crippen molar-refractivity contribution in [3.05, 3.63) is 23.8 Å². The summed E-state index contributed by atoms with van der Waals surface area (Å²) in [5, 5.41) is 0. The highest BCUT2D eigenvalue weighted by Crippen LogP contribution is 2.36. The van der Waals surface area contributed by atoms with Crippen LogP contribution in [0, 0.1) is 0 Å². The van der Waals surface area contributed by atoms with Crippen LogP contribution in [0.3, 0.4) is 0 Å². The molecule has 1 aromatic rings. The van der Waals surface area contributed by atoms with Crippen molar-refractivity contribution in [1.82, 2.24) is 0 Å². The molecule has 0 spiro atoms. The molecule has 0 amide bonds. The molecule has 0 saturated heterocycles. The van der Waals surface area contributed by atoms with E-state index in [1.54, 1.807) is 25.1 Å². The number of carbonyl (C=O) groups excluding carboxylic acids is 1. The average Bonchev–Trinajstić information content (AvgIpc) is 2.37. The SMILES string of the molecule is CCOC(=O)C(F)c1c(OC)cccc1OC. The van der Waals surface area contributed by atoms with Crippen LogP contribution in [0.25, 0.3) is 0 Å². The van der Waals surface area contributed by atoms with Crippen molar-refractivity contribution < 1.29 is 23.4 Å². The van der Waals surface area contributed by atoms with Crippen LogP contribution in [0.5, 0.6) is 11.5 Å². The Kier molecular flexibility index (Phi) is 4.75. The molecule has 0 saturated carbocycles. The maximum absolute atomic E-state index is 14.0. The molecular weight excluding hydrogens is 227 g/mol. The summed E-state index contributed by atoms with van der Waals surface area (Å²) in [6.45, 7) is 1.74. The van der Waals surface area contributed by atoms with Gasteiger partial charge in [0.05, 0.1) is 26.4 Å². The third kappa shape index (κ3) is 2.87. The predicted octanol–water partition coefficient (Wildman–Crippen LogP) is 2.28. The molecule has 0 bridgehead atoms. The van der Waals surface area contributed by atoms with Crippen LogP contribution in [-0.4, -0.2) is 26.8 Å². The van der Waals surface area contributed by atoms with Crippen molar-refractivity contribution in [3.63, 3.8) is 0 Å². The van der Waals surface area contributed by atoms with E-state index in [-0.39, 0.29) is 23.7 Å². The number of rotatable bonds is 5. The van der Waals surface area contributed by atoms with E-state index in [2.05, 4.69) is 4.74 Å². The monoisotopic (exact) mass is 242 g/mol. The normalized spacial score (nSPS) is 11.8. The highest BCUT2D eigenvalue weighted by molar-refractivity contribution is 5.78. The maximum atomic E-state index is 14.0. The summed E-state index contributed by atoms with van der Waals surface area (Å²) in [4.78, 5) is 11.4. The summed E-state index contributed by atoms with van der Waals surface area (Å²) in [7, 11) is 2.80. The Morgan fingerprint density at radius 1 is 1.29 bits per heavy atom. The molecule has 0 radical (unpaired) electrons. The van der Waals surface area contributed by atoms with E-state index in [0.717, 1.165) is 0 Å². The topological polar surface area (TPSA) is 44.8 Å². The fourth-order valence-electron chi connectivity index (χ4n) is 1.46. The first-order valence-corrected chi connectivity index (χ1v) is 5.17. The number of methoxy groups -OCH3 is 2. The Balaban J connectivity index is 3.13. The molecule has 0 heterocycles. The lowest BCUT2D eigenvalue weighted by Gasteiger charge is -2.15. The Bertz CT molecular complexity index is 370. The fraction of sp³-hybridized carbons (Fsp3) is 0.417. The van der Waals surface area contributed by atoms with Gasteiger partial charge in [-0.2, -0.15) is 0 Å². The van der Waals surface area contributed by atoms with Crippen LogP contribution in [-0.2, 0) is 9.53 Å². The highest BCUT2D eigenvalue weighted by atomic mass is 19.1. The summed E-state index contributed by atoms with van der Waals surface area (Å²) in [5.41, 5.74) is 0.0518. The van der Waals surface area contributed by atoms with E-state index >= 15 is 0 Å². The smallest absolute Gasteiger partial charge is 0.345 e. The average molecular weight is 242 g/mol. The van der Waals surface area contributed by atoms with Gasteiger partial charge in [0.2, 0.25) is 6.17 Å². The Morgan fingerprint density at radius 3 is 2.24 bits per heavy atom. The van der Waals surface area contributed by atoms with E-state index in [1.807, 2.05) is 0 Å². The zero-order chi connectivity index (χ0) is 12.8. The Labute approximate surface area is 99.3 Å². The molecule has 1 rings (SSSR count). The zero-order valence-electron chi connectivity index (χ0n) is 10.0. The van der Waals surface area contributed by atoms with E-state index in [4.69, 9.17) is 9.47 Å². The summed E-state index contributed by atoms with van der Waals surface area (Å²) in [5.74, 6) is -0.440. The van der Waals surface area contributed by atoms with Crippen molar-refractivity contribution in [2.75, 3.05) is 20.8 Å². The molecule has 1 aromatic carbocycles. The van der Waals surface area contributed by atoms with Gasteiger partial charge in [-0.25, -0.2) is 9.18 Å². The number of ether oxygens (including phenoxy) is 3. The van der Waals surface area contributed by atoms with Gasteiger partial charge < -0.3 is 14.2 Å². The molecule has 0 N–H and O–H groups in total. The van der Waals surface area contributed by atoms with Crippen molar-refractivity contribution in [1.29, 1.82) is 0 Å². The molecule has 17 heavy (non-hydrogen) atoms. The fourth-order valence-corrected chi connectivity index (χ4v) is 1.46. The van der Waals surface area contributed by atoms with Crippen molar-refractivity contribution in [2.45, 2.75) is 13.1 Å². The summed E-state index contributed by atoms with van der Waals surface area (Å²) in [6.07, 6.45) is -1.92. The maximum Gasteiger partial charge on any atom is 0.345 e. The van der Waals surface area contributed by atoms with Crippen LogP contribution in [0.4, 0.5) is 4.39 Å². The third-order valence-corrected chi connectivity index (χ3v) is 2.21. The molecular formula is C12H15FO4. The summed E-state index contributed by atoms with van der Waals surface area (Å²) >= 11 is 0. The second-order valence-corrected chi connectivity index (χ2v) is 3.19. The summed E-state index contributed by atoms with van der Waals surface area (Å²) < 4.78 is 28.6. The minimum atomic E-state index is -1.92. The van der Waals surface area contributed by atoms with Crippen LogP contribution in [0.15, 0.2) is 18.2 Å². The van der Waals surface area contributed by atoms with Gasteiger partial charge in [-0.15, -0.1) is 0 Å². The first-order valence-electron chi connectivity index (χ1n) is 5.17. The number of carbonyl (C=O) groups is 1. The van der Waals surface area contributed by atoms with Crippen molar-refractivity contribution >= 4 is 5.97 Å². The van der Waals surface area contributed by atoms with Crippen LogP contribution in [0.2, 0.25) is 0 Å². The van der Waals surface area contributed by atoms with Gasteiger partial charge in [0, 0.05) is 0 Å². The number of hydrogen-bond acceptors (Lipinski definition) is 4. The molecule has 0 fully saturated rings. The lowest BCUT2D eigenvalue weighted by Crippen LogP contribution is -2.13. The molecule has 94 valence electrons. The molecule has 1 atom stereocenters. The predicted molar refractivity (Wildman–Crippen MR) is 60.0 cm³/mol.